The maximum Gasteiger partial charge on any atom is 0.332 e. The number of hydrogen-bond donors (Lipinski definition) is 0. The van der Waals surface area contributed by atoms with Crippen molar-refractivity contribution in [2.45, 2.75) is 6.92 Å². The van der Waals surface area contributed by atoms with E-state index in [-0.39, 0.29) is 5.17 Å². The van der Waals surface area contributed by atoms with Crippen molar-refractivity contribution >= 4 is 22.7 Å². The summed E-state index contributed by atoms with van der Waals surface area (Å²) in [5.41, 5.74) is 0.713. The molecule has 4 heteroatoms. The van der Waals surface area contributed by atoms with Gasteiger partial charge in [0.15, 0.2) is 5.17 Å². The summed E-state index contributed by atoms with van der Waals surface area (Å²) in [7, 11) is 0. The SMILES string of the molecule is CC(=O)O/N=C(/Cl)c1ccccc1. The van der Waals surface area contributed by atoms with Gasteiger partial charge in [0.25, 0.3) is 0 Å². The lowest BCUT2D eigenvalue weighted by Crippen LogP contribution is -1.96. The zero-order valence-corrected chi connectivity index (χ0v) is 7.78. The molecule has 13 heavy (non-hydrogen) atoms. The molecule has 0 heterocycles. The highest BCUT2D eigenvalue weighted by molar-refractivity contribution is 6.69. The lowest BCUT2D eigenvalue weighted by molar-refractivity contribution is -0.140. The Kier molecular flexibility index (Phi) is 3.46. The molecule has 0 saturated heterocycles. The van der Waals surface area contributed by atoms with Gasteiger partial charge in [-0.1, -0.05) is 47.1 Å². The van der Waals surface area contributed by atoms with Gasteiger partial charge < -0.3 is 4.84 Å². The minimum Gasteiger partial charge on any atom is -0.317 e. The highest BCUT2D eigenvalue weighted by atomic mass is 35.5. The van der Waals surface area contributed by atoms with E-state index in [1.54, 1.807) is 12.1 Å². The van der Waals surface area contributed by atoms with Crippen LogP contribution in [0.2, 0.25) is 0 Å². The van der Waals surface area contributed by atoms with Crippen molar-refractivity contribution in [2.75, 3.05) is 0 Å². The molecule has 0 radical (unpaired) electrons. The number of hydrogen-bond acceptors (Lipinski definition) is 3. The predicted octanol–water partition coefficient (Wildman–Crippen LogP) is 2.15. The molecule has 0 aromatic heterocycles. The zero-order valence-electron chi connectivity index (χ0n) is 7.03. The van der Waals surface area contributed by atoms with Crippen molar-refractivity contribution in [3.8, 4) is 0 Å². The number of carbonyl (C=O) groups is 1. The number of rotatable bonds is 2. The molecule has 0 atom stereocenters. The quantitative estimate of drug-likeness (QED) is 0.414. The number of halogens is 1. The lowest BCUT2D eigenvalue weighted by Gasteiger charge is -1.95. The van der Waals surface area contributed by atoms with E-state index in [1.165, 1.54) is 6.92 Å². The van der Waals surface area contributed by atoms with Gasteiger partial charge in [0.05, 0.1) is 0 Å². The lowest BCUT2D eigenvalue weighted by atomic mass is 10.2. The summed E-state index contributed by atoms with van der Waals surface area (Å²) in [5.74, 6) is -0.492. The van der Waals surface area contributed by atoms with Crippen molar-refractivity contribution < 1.29 is 9.63 Å². The minimum absolute atomic E-state index is 0.163. The van der Waals surface area contributed by atoms with Crippen LogP contribution in [0, 0.1) is 0 Å². The second-order valence-electron chi connectivity index (χ2n) is 2.33. The van der Waals surface area contributed by atoms with Crippen molar-refractivity contribution in [1.82, 2.24) is 0 Å². The Morgan fingerprint density at radius 2 is 2.00 bits per heavy atom. The molecule has 3 nitrogen and oxygen atoms in total. The topological polar surface area (TPSA) is 38.7 Å². The van der Waals surface area contributed by atoms with E-state index in [2.05, 4.69) is 9.99 Å². The first-order valence-electron chi connectivity index (χ1n) is 3.66. The molecule has 0 aliphatic carbocycles. The summed E-state index contributed by atoms with van der Waals surface area (Å²) in [6, 6.07) is 9.05. The van der Waals surface area contributed by atoms with Gasteiger partial charge in [-0.3, -0.25) is 0 Å². The van der Waals surface area contributed by atoms with Gasteiger partial charge in [-0.05, 0) is 0 Å². The smallest absolute Gasteiger partial charge is 0.317 e. The van der Waals surface area contributed by atoms with Crippen LogP contribution in [0.5, 0.6) is 0 Å². The normalized spacial score (nSPS) is 11.1. The van der Waals surface area contributed by atoms with Gasteiger partial charge in [0.1, 0.15) is 0 Å². The molecular weight excluding hydrogens is 190 g/mol. The summed E-state index contributed by atoms with van der Waals surface area (Å²) in [4.78, 5) is 14.8. The third kappa shape index (κ3) is 3.25. The molecule has 0 fully saturated rings. The largest absolute Gasteiger partial charge is 0.332 e. The Labute approximate surface area is 81.0 Å². The van der Waals surface area contributed by atoms with Crippen LogP contribution in [-0.2, 0) is 9.63 Å². The Hall–Kier alpha value is -1.35. The maximum absolute atomic E-state index is 10.4. The first kappa shape index (κ1) is 9.74. The molecule has 0 saturated carbocycles. The molecular formula is C9H8ClNO2. The molecule has 0 bridgehead atoms. The Morgan fingerprint density at radius 1 is 1.38 bits per heavy atom. The van der Waals surface area contributed by atoms with Gasteiger partial charge in [-0.15, -0.1) is 0 Å². The molecule has 1 aromatic carbocycles. The van der Waals surface area contributed by atoms with Gasteiger partial charge in [0, 0.05) is 12.5 Å². The van der Waals surface area contributed by atoms with E-state index in [1.807, 2.05) is 18.2 Å². The van der Waals surface area contributed by atoms with Crippen molar-refractivity contribution in [1.29, 1.82) is 0 Å². The molecule has 0 aliphatic rings. The Balaban J connectivity index is 2.73. The van der Waals surface area contributed by atoms with E-state index in [9.17, 15) is 4.79 Å². The molecule has 68 valence electrons. The molecule has 0 N–H and O–H groups in total. The summed E-state index contributed by atoms with van der Waals surface area (Å²) in [6.45, 7) is 1.26. The molecule has 0 aliphatic heterocycles. The fourth-order valence-corrected chi connectivity index (χ4v) is 0.893. The summed E-state index contributed by atoms with van der Waals surface area (Å²) < 4.78 is 0. The second-order valence-corrected chi connectivity index (χ2v) is 2.69. The summed E-state index contributed by atoms with van der Waals surface area (Å²) in [6.07, 6.45) is 0. The molecule has 1 aromatic rings. The number of benzene rings is 1. The monoisotopic (exact) mass is 197 g/mol. The maximum atomic E-state index is 10.4. The highest BCUT2D eigenvalue weighted by Crippen LogP contribution is 2.04. The summed E-state index contributed by atoms with van der Waals surface area (Å²) in [5, 5.41) is 3.59. The van der Waals surface area contributed by atoms with Crippen molar-refractivity contribution in [2.24, 2.45) is 5.16 Å². The van der Waals surface area contributed by atoms with Crippen LogP contribution in [-0.4, -0.2) is 11.1 Å². The first-order chi connectivity index (χ1) is 6.20. The van der Waals surface area contributed by atoms with Gasteiger partial charge >= 0.3 is 5.97 Å². The van der Waals surface area contributed by atoms with Crippen LogP contribution < -0.4 is 0 Å². The van der Waals surface area contributed by atoms with Crippen molar-refractivity contribution in [3.05, 3.63) is 35.9 Å². The third-order valence-electron chi connectivity index (χ3n) is 1.27. The zero-order chi connectivity index (χ0) is 9.68. The predicted molar refractivity (Wildman–Crippen MR) is 50.6 cm³/mol. The third-order valence-corrected chi connectivity index (χ3v) is 1.55. The fourth-order valence-electron chi connectivity index (χ4n) is 0.733. The number of nitrogens with zero attached hydrogens (tertiary/aromatic N) is 1. The fraction of sp³-hybridized carbons (Fsp3) is 0.111. The minimum atomic E-state index is -0.492. The second kappa shape index (κ2) is 4.62. The number of carbonyl (C=O) groups excluding carboxylic acids is 1. The molecule has 0 unspecified atom stereocenters. The summed E-state index contributed by atoms with van der Waals surface area (Å²) >= 11 is 5.72. The van der Waals surface area contributed by atoms with E-state index in [4.69, 9.17) is 11.6 Å². The van der Waals surface area contributed by atoms with Crippen LogP contribution in [0.15, 0.2) is 35.5 Å². The van der Waals surface area contributed by atoms with Crippen LogP contribution in [0.3, 0.4) is 0 Å². The van der Waals surface area contributed by atoms with Crippen molar-refractivity contribution in [3.63, 3.8) is 0 Å². The van der Waals surface area contributed by atoms with E-state index < -0.39 is 5.97 Å². The van der Waals surface area contributed by atoms with E-state index in [0.29, 0.717) is 5.56 Å². The van der Waals surface area contributed by atoms with E-state index >= 15 is 0 Å². The first-order valence-corrected chi connectivity index (χ1v) is 4.04. The van der Waals surface area contributed by atoms with Gasteiger partial charge in [-0.25, -0.2) is 4.79 Å². The van der Waals surface area contributed by atoms with Crippen LogP contribution in [0.4, 0.5) is 0 Å². The highest BCUT2D eigenvalue weighted by Gasteiger charge is 1.99. The van der Waals surface area contributed by atoms with Crippen LogP contribution >= 0.6 is 11.6 Å². The van der Waals surface area contributed by atoms with Gasteiger partial charge in [0.2, 0.25) is 0 Å². The molecule has 0 spiro atoms. The standard InChI is InChI=1S/C9H8ClNO2/c1-7(12)13-11-9(10)8-5-3-2-4-6-8/h2-6H,1H3/b11-9+. The number of oxime groups is 1. The molecule has 1 rings (SSSR count). The van der Waals surface area contributed by atoms with Crippen LogP contribution in [0.1, 0.15) is 12.5 Å². The Bertz CT molecular complexity index is 322. The van der Waals surface area contributed by atoms with E-state index in [0.717, 1.165) is 0 Å². The Morgan fingerprint density at radius 3 is 2.54 bits per heavy atom. The van der Waals surface area contributed by atoms with Gasteiger partial charge in [-0.2, -0.15) is 0 Å². The average Bonchev–Trinajstić information content (AvgIpc) is 2.15. The average molecular weight is 198 g/mol. The molecule has 0 amide bonds. The van der Waals surface area contributed by atoms with Crippen LogP contribution in [0.25, 0.3) is 0 Å².